The summed E-state index contributed by atoms with van der Waals surface area (Å²) in [5.41, 5.74) is 1.83. The van der Waals surface area contributed by atoms with Gasteiger partial charge in [0.25, 0.3) is 0 Å². The van der Waals surface area contributed by atoms with E-state index in [1.54, 1.807) is 25.6 Å². The fraction of sp³-hybridized carbons (Fsp3) is 0.304. The van der Waals surface area contributed by atoms with Crippen molar-refractivity contribution in [1.29, 1.82) is 0 Å². The zero-order chi connectivity index (χ0) is 21.5. The van der Waals surface area contributed by atoms with Crippen LogP contribution >= 0.6 is 0 Å². The van der Waals surface area contributed by atoms with Crippen LogP contribution in [0.2, 0.25) is 0 Å². The first-order valence-corrected chi connectivity index (χ1v) is 10.4. The summed E-state index contributed by atoms with van der Waals surface area (Å²) in [5, 5.41) is 6.09. The summed E-state index contributed by atoms with van der Waals surface area (Å²) in [7, 11) is 1.62. The molecule has 1 fully saturated rings. The molecular formula is C23H26N6O2. The lowest BCUT2D eigenvalue weighted by molar-refractivity contribution is -0.117. The molecule has 0 aliphatic carbocycles. The summed E-state index contributed by atoms with van der Waals surface area (Å²) < 4.78 is 5.14. The Kier molecular flexibility index (Phi) is 6.68. The molecule has 1 aromatic carbocycles. The van der Waals surface area contributed by atoms with Crippen LogP contribution in [0.5, 0.6) is 5.75 Å². The van der Waals surface area contributed by atoms with Gasteiger partial charge in [-0.05, 0) is 68.4 Å². The second-order valence-corrected chi connectivity index (χ2v) is 7.47. The van der Waals surface area contributed by atoms with Crippen LogP contribution < -0.4 is 15.4 Å². The number of hydrogen-bond acceptors (Lipinski definition) is 7. The monoisotopic (exact) mass is 418 g/mol. The molecule has 3 aromatic rings. The zero-order valence-electron chi connectivity index (χ0n) is 17.5. The minimum Gasteiger partial charge on any atom is -0.497 e. The number of nitrogens with zero attached hydrogens (tertiary/aromatic N) is 4. The Hall–Kier alpha value is -3.52. The number of carbonyl (C=O) groups is 1. The Bertz CT molecular complexity index is 988. The number of pyridine rings is 1. The average Bonchev–Trinajstić information content (AvgIpc) is 2.81. The van der Waals surface area contributed by atoms with E-state index in [0.717, 1.165) is 48.9 Å². The summed E-state index contributed by atoms with van der Waals surface area (Å²) in [5.74, 6) is 2.41. The highest BCUT2D eigenvalue weighted by atomic mass is 16.5. The summed E-state index contributed by atoms with van der Waals surface area (Å²) in [6, 6.07) is 15.1. The topological polar surface area (TPSA) is 92.3 Å². The molecule has 0 bridgehead atoms. The Balaban J connectivity index is 1.27. The van der Waals surface area contributed by atoms with Crippen molar-refractivity contribution in [3.05, 3.63) is 66.6 Å². The van der Waals surface area contributed by atoms with E-state index in [4.69, 9.17) is 9.72 Å². The van der Waals surface area contributed by atoms with Crippen molar-refractivity contribution >= 4 is 23.4 Å². The number of amides is 1. The molecule has 0 unspecified atom stereocenters. The van der Waals surface area contributed by atoms with Gasteiger partial charge >= 0.3 is 0 Å². The molecule has 8 heteroatoms. The number of piperidine rings is 1. The van der Waals surface area contributed by atoms with Crippen molar-refractivity contribution in [2.75, 3.05) is 37.4 Å². The van der Waals surface area contributed by atoms with Crippen LogP contribution in [-0.2, 0) is 4.79 Å². The SMILES string of the molecule is COc1ccc(NC(=O)CN2CCC(c3cccc(Nc4ncccn4)n3)CC2)cc1. The van der Waals surface area contributed by atoms with E-state index in [1.165, 1.54) is 0 Å². The van der Waals surface area contributed by atoms with Crippen LogP contribution in [0.4, 0.5) is 17.5 Å². The van der Waals surface area contributed by atoms with E-state index in [-0.39, 0.29) is 5.91 Å². The molecule has 4 rings (SSSR count). The third-order valence-electron chi connectivity index (χ3n) is 5.32. The van der Waals surface area contributed by atoms with Gasteiger partial charge < -0.3 is 15.4 Å². The number of aromatic nitrogens is 3. The highest BCUT2D eigenvalue weighted by Crippen LogP contribution is 2.27. The van der Waals surface area contributed by atoms with Gasteiger partial charge in [0.15, 0.2) is 0 Å². The van der Waals surface area contributed by atoms with Crippen LogP contribution in [-0.4, -0.2) is 52.5 Å². The Morgan fingerprint density at radius 3 is 2.52 bits per heavy atom. The van der Waals surface area contributed by atoms with Crippen molar-refractivity contribution in [2.24, 2.45) is 0 Å². The summed E-state index contributed by atoms with van der Waals surface area (Å²) in [6.45, 7) is 2.11. The molecule has 1 amide bonds. The standard InChI is InChI=1S/C23H26N6O2/c1-31-19-8-6-18(7-9-19)26-22(30)16-29-14-10-17(11-15-29)20-4-2-5-21(27-20)28-23-24-12-3-13-25-23/h2-9,12-13,17H,10-11,14-16H2,1H3,(H,26,30)(H,24,25,27,28). The van der Waals surface area contributed by atoms with Gasteiger partial charge in [0.2, 0.25) is 11.9 Å². The minimum atomic E-state index is -0.00389. The highest BCUT2D eigenvalue weighted by molar-refractivity contribution is 5.92. The minimum absolute atomic E-state index is 0.00389. The Morgan fingerprint density at radius 1 is 1.06 bits per heavy atom. The predicted octanol–water partition coefficient (Wildman–Crippen LogP) is 3.44. The molecule has 1 aliphatic rings. The van der Waals surface area contributed by atoms with E-state index >= 15 is 0 Å². The number of hydrogen-bond donors (Lipinski definition) is 2. The predicted molar refractivity (Wildman–Crippen MR) is 120 cm³/mol. The van der Waals surface area contributed by atoms with Crippen molar-refractivity contribution < 1.29 is 9.53 Å². The van der Waals surface area contributed by atoms with Crippen LogP contribution in [0, 0.1) is 0 Å². The van der Waals surface area contributed by atoms with Gasteiger partial charge in [0, 0.05) is 29.7 Å². The number of nitrogens with one attached hydrogen (secondary N) is 2. The average molecular weight is 419 g/mol. The second kappa shape index (κ2) is 9.99. The molecule has 160 valence electrons. The van der Waals surface area contributed by atoms with E-state index in [0.29, 0.717) is 18.4 Å². The van der Waals surface area contributed by atoms with Gasteiger partial charge in [-0.3, -0.25) is 9.69 Å². The third-order valence-corrected chi connectivity index (χ3v) is 5.32. The van der Waals surface area contributed by atoms with Gasteiger partial charge in [0.1, 0.15) is 11.6 Å². The highest BCUT2D eigenvalue weighted by Gasteiger charge is 2.23. The van der Waals surface area contributed by atoms with E-state index in [2.05, 4.69) is 31.6 Å². The normalized spacial score (nSPS) is 14.7. The Morgan fingerprint density at radius 2 is 1.81 bits per heavy atom. The van der Waals surface area contributed by atoms with Crippen molar-refractivity contribution in [1.82, 2.24) is 19.9 Å². The van der Waals surface area contributed by atoms with Crippen LogP contribution in [0.1, 0.15) is 24.5 Å². The largest absolute Gasteiger partial charge is 0.497 e. The quantitative estimate of drug-likeness (QED) is 0.607. The van der Waals surface area contributed by atoms with Gasteiger partial charge in [-0.25, -0.2) is 15.0 Å². The van der Waals surface area contributed by atoms with E-state index in [9.17, 15) is 4.79 Å². The Labute approximate surface area is 181 Å². The number of anilines is 3. The lowest BCUT2D eigenvalue weighted by Crippen LogP contribution is -2.38. The fourth-order valence-electron chi connectivity index (χ4n) is 3.69. The molecule has 2 N–H and O–H groups in total. The lowest BCUT2D eigenvalue weighted by Gasteiger charge is -2.31. The number of benzene rings is 1. The molecule has 31 heavy (non-hydrogen) atoms. The van der Waals surface area contributed by atoms with Gasteiger partial charge in [-0.2, -0.15) is 0 Å². The number of likely N-dealkylation sites (tertiary alicyclic amines) is 1. The maximum atomic E-state index is 12.4. The van der Waals surface area contributed by atoms with Crippen molar-refractivity contribution in [3.63, 3.8) is 0 Å². The molecular weight excluding hydrogens is 392 g/mol. The summed E-state index contributed by atoms with van der Waals surface area (Å²) >= 11 is 0. The summed E-state index contributed by atoms with van der Waals surface area (Å²) in [6.07, 6.45) is 5.32. The first-order valence-electron chi connectivity index (χ1n) is 10.4. The summed E-state index contributed by atoms with van der Waals surface area (Å²) in [4.78, 5) is 27.7. The second-order valence-electron chi connectivity index (χ2n) is 7.47. The molecule has 8 nitrogen and oxygen atoms in total. The van der Waals surface area contributed by atoms with Crippen LogP contribution in [0.15, 0.2) is 60.9 Å². The third kappa shape index (κ3) is 5.76. The molecule has 0 spiro atoms. The smallest absolute Gasteiger partial charge is 0.238 e. The van der Waals surface area contributed by atoms with Crippen molar-refractivity contribution in [3.8, 4) is 5.75 Å². The molecule has 2 aromatic heterocycles. The first-order chi connectivity index (χ1) is 15.2. The van der Waals surface area contributed by atoms with Gasteiger partial charge in [0.05, 0.1) is 13.7 Å². The van der Waals surface area contributed by atoms with E-state index < -0.39 is 0 Å². The van der Waals surface area contributed by atoms with Crippen LogP contribution in [0.25, 0.3) is 0 Å². The number of rotatable bonds is 7. The maximum Gasteiger partial charge on any atom is 0.238 e. The lowest BCUT2D eigenvalue weighted by atomic mass is 9.93. The number of methoxy groups -OCH3 is 1. The van der Waals surface area contributed by atoms with Gasteiger partial charge in [-0.15, -0.1) is 0 Å². The molecule has 0 atom stereocenters. The fourth-order valence-corrected chi connectivity index (χ4v) is 3.69. The van der Waals surface area contributed by atoms with Crippen LogP contribution in [0.3, 0.4) is 0 Å². The maximum absolute atomic E-state index is 12.4. The number of carbonyl (C=O) groups excluding carboxylic acids is 1. The number of ether oxygens (including phenoxy) is 1. The first kappa shape index (κ1) is 20.7. The van der Waals surface area contributed by atoms with E-state index in [1.807, 2.05) is 36.4 Å². The molecule has 1 aliphatic heterocycles. The molecule has 1 saturated heterocycles. The zero-order valence-corrected chi connectivity index (χ0v) is 17.5. The molecule has 3 heterocycles. The molecule has 0 saturated carbocycles. The van der Waals surface area contributed by atoms with Gasteiger partial charge in [-0.1, -0.05) is 6.07 Å². The van der Waals surface area contributed by atoms with Crippen molar-refractivity contribution in [2.45, 2.75) is 18.8 Å². The molecule has 0 radical (unpaired) electrons.